The first-order chi connectivity index (χ1) is 17.7. The van der Waals surface area contributed by atoms with Gasteiger partial charge in [0.15, 0.2) is 21.4 Å². The van der Waals surface area contributed by atoms with Crippen LogP contribution in [0.4, 0.5) is 0 Å². The number of fused-ring (bicyclic) bond motifs is 1. The predicted octanol–water partition coefficient (Wildman–Crippen LogP) is 6.31. The van der Waals surface area contributed by atoms with Crippen LogP contribution >= 0.6 is 11.3 Å². The number of ether oxygens (including phenoxy) is 1. The van der Waals surface area contributed by atoms with Crippen molar-refractivity contribution < 1.29 is 22.7 Å². The molecule has 0 radical (unpaired) electrons. The van der Waals surface area contributed by atoms with Gasteiger partial charge in [0.25, 0.3) is 0 Å². The lowest BCUT2D eigenvalue weighted by molar-refractivity contribution is 0.0989. The largest absolute Gasteiger partial charge is 0.497 e. The van der Waals surface area contributed by atoms with Crippen molar-refractivity contribution in [3.63, 3.8) is 0 Å². The summed E-state index contributed by atoms with van der Waals surface area (Å²) in [6.07, 6.45) is 4.84. The Morgan fingerprint density at radius 1 is 0.973 bits per heavy atom. The third-order valence-corrected chi connectivity index (χ3v) is 9.88. The molecule has 0 amide bonds. The second-order valence-corrected chi connectivity index (χ2v) is 13.4. The molecule has 1 aliphatic rings. The first-order valence-corrected chi connectivity index (χ1v) is 15.3. The van der Waals surface area contributed by atoms with Gasteiger partial charge in [0, 0.05) is 33.7 Å². The number of hydrogen-bond acceptors (Lipinski definition) is 6. The summed E-state index contributed by atoms with van der Waals surface area (Å²) in [5.41, 5.74) is 3.07. The van der Waals surface area contributed by atoms with Crippen molar-refractivity contribution in [2.24, 2.45) is 5.92 Å². The Morgan fingerprint density at radius 3 is 2.41 bits per heavy atom. The second kappa shape index (κ2) is 11.7. The van der Waals surface area contributed by atoms with Crippen molar-refractivity contribution >= 4 is 32.7 Å². The zero-order chi connectivity index (χ0) is 26.6. The number of rotatable bonds is 11. The van der Waals surface area contributed by atoms with Gasteiger partial charge in [0.1, 0.15) is 5.75 Å². The van der Waals surface area contributed by atoms with E-state index < -0.39 is 9.84 Å². The van der Waals surface area contributed by atoms with Crippen LogP contribution in [0.15, 0.2) is 53.4 Å². The molecule has 2 aromatic carbocycles. The van der Waals surface area contributed by atoms with Crippen LogP contribution < -0.4 is 4.74 Å². The second-order valence-electron chi connectivity index (χ2n) is 10.1. The monoisotopic (exact) mass is 538 g/mol. The smallest absolute Gasteiger partial charge is 0.178 e. The number of Topliss-reactive ketones (excluding diaryl/α,β-unsaturated/α-hetero) is 2. The molecule has 0 aliphatic heterocycles. The van der Waals surface area contributed by atoms with Gasteiger partial charge >= 0.3 is 0 Å². The van der Waals surface area contributed by atoms with Crippen molar-refractivity contribution in [3.05, 3.63) is 80.5 Å². The minimum Gasteiger partial charge on any atom is -0.497 e. The summed E-state index contributed by atoms with van der Waals surface area (Å²) in [6, 6.07) is 13.8. The van der Waals surface area contributed by atoms with Crippen molar-refractivity contribution in [2.75, 3.05) is 12.9 Å². The molecule has 37 heavy (non-hydrogen) atoms. The van der Waals surface area contributed by atoms with Crippen molar-refractivity contribution in [3.8, 4) is 5.75 Å². The fraction of sp³-hybridized carbons (Fsp3) is 0.400. The molecule has 0 fully saturated rings. The molecule has 0 unspecified atom stereocenters. The number of carbonyl (C=O) groups excluding carboxylic acids is 2. The molecular weight excluding hydrogens is 504 g/mol. The molecule has 5 nitrogen and oxygen atoms in total. The maximum absolute atomic E-state index is 13.5. The molecule has 1 aromatic heterocycles. The number of ketones is 2. The SMILES string of the molecule is COc1ccc(CC(=O)c2c(CC(=O)c3cccc(S(=O)(=O)CCC(C)C)c3)sc3c2CCCC3)cc1. The van der Waals surface area contributed by atoms with E-state index in [1.165, 1.54) is 10.9 Å². The van der Waals surface area contributed by atoms with Crippen LogP contribution in [0.25, 0.3) is 0 Å². The maximum atomic E-state index is 13.5. The van der Waals surface area contributed by atoms with Crippen LogP contribution in [0.5, 0.6) is 5.75 Å². The molecule has 3 aromatic rings. The van der Waals surface area contributed by atoms with Crippen molar-refractivity contribution in [1.82, 2.24) is 0 Å². The van der Waals surface area contributed by atoms with Crippen LogP contribution in [0, 0.1) is 5.92 Å². The Hall–Kier alpha value is -2.77. The maximum Gasteiger partial charge on any atom is 0.178 e. The number of hydrogen-bond donors (Lipinski definition) is 0. The molecule has 4 rings (SSSR count). The standard InChI is InChI=1S/C30H34O5S2/c1-20(2)15-16-37(33,34)24-8-6-7-22(18-24)26(31)19-29-30(25-9-4-5-10-28(25)36-29)27(32)17-21-11-13-23(35-3)14-12-21/h6-8,11-14,18,20H,4-5,9-10,15-17,19H2,1-3H3. The Morgan fingerprint density at radius 2 is 1.70 bits per heavy atom. The minimum atomic E-state index is -3.46. The summed E-state index contributed by atoms with van der Waals surface area (Å²) >= 11 is 1.57. The lowest BCUT2D eigenvalue weighted by atomic mass is 9.90. The molecule has 1 aliphatic carbocycles. The third-order valence-electron chi connectivity index (χ3n) is 6.85. The average molecular weight is 539 g/mol. The van der Waals surface area contributed by atoms with E-state index in [4.69, 9.17) is 4.74 Å². The Kier molecular flexibility index (Phi) is 8.65. The van der Waals surface area contributed by atoms with E-state index >= 15 is 0 Å². The first kappa shape index (κ1) is 27.3. The van der Waals surface area contributed by atoms with Crippen LogP contribution in [-0.2, 0) is 35.5 Å². The lowest BCUT2D eigenvalue weighted by Gasteiger charge is -2.13. The Labute approximate surface area is 223 Å². The van der Waals surface area contributed by atoms with E-state index in [1.54, 1.807) is 36.6 Å². The summed E-state index contributed by atoms with van der Waals surface area (Å²) in [7, 11) is -1.85. The topological polar surface area (TPSA) is 77.5 Å². The number of aryl methyl sites for hydroxylation is 1. The zero-order valence-electron chi connectivity index (χ0n) is 21.7. The van der Waals surface area contributed by atoms with Crippen LogP contribution in [0.1, 0.15) is 74.7 Å². The molecule has 196 valence electrons. The summed E-state index contributed by atoms with van der Waals surface area (Å²) in [5, 5.41) is 0. The molecule has 7 heteroatoms. The van der Waals surface area contributed by atoms with Gasteiger partial charge in [-0.05, 0) is 73.4 Å². The van der Waals surface area contributed by atoms with Gasteiger partial charge in [-0.1, -0.05) is 38.1 Å². The van der Waals surface area contributed by atoms with Crippen molar-refractivity contribution in [1.29, 1.82) is 0 Å². The van der Waals surface area contributed by atoms with E-state index in [0.29, 0.717) is 17.5 Å². The molecule has 0 spiro atoms. The molecule has 0 N–H and O–H groups in total. The van der Waals surface area contributed by atoms with Crippen LogP contribution in [0.2, 0.25) is 0 Å². The van der Waals surface area contributed by atoms with E-state index in [-0.39, 0.29) is 41.0 Å². The van der Waals surface area contributed by atoms with Gasteiger partial charge in [0.2, 0.25) is 0 Å². The van der Waals surface area contributed by atoms with E-state index in [0.717, 1.165) is 47.4 Å². The highest BCUT2D eigenvalue weighted by atomic mass is 32.2. The number of methoxy groups -OCH3 is 1. The van der Waals surface area contributed by atoms with Crippen LogP contribution in [-0.4, -0.2) is 32.8 Å². The van der Waals surface area contributed by atoms with Gasteiger partial charge in [-0.25, -0.2) is 8.42 Å². The summed E-state index contributed by atoms with van der Waals surface area (Å²) < 4.78 is 30.8. The molecule has 0 atom stereocenters. The lowest BCUT2D eigenvalue weighted by Crippen LogP contribution is -2.13. The minimum absolute atomic E-state index is 0.0254. The number of benzene rings is 2. The van der Waals surface area contributed by atoms with E-state index in [2.05, 4.69) is 0 Å². The highest BCUT2D eigenvalue weighted by molar-refractivity contribution is 7.91. The quantitative estimate of drug-likeness (QED) is 0.268. The van der Waals surface area contributed by atoms with Gasteiger partial charge < -0.3 is 4.74 Å². The molecular formula is C30H34O5S2. The molecule has 1 heterocycles. The van der Waals surface area contributed by atoms with Gasteiger partial charge in [0.05, 0.1) is 17.8 Å². The van der Waals surface area contributed by atoms with Gasteiger partial charge in [-0.3, -0.25) is 9.59 Å². The summed E-state index contributed by atoms with van der Waals surface area (Å²) in [4.78, 5) is 29.1. The molecule has 0 saturated heterocycles. The first-order valence-electron chi connectivity index (χ1n) is 12.8. The number of sulfone groups is 1. The predicted molar refractivity (Wildman–Crippen MR) is 148 cm³/mol. The highest BCUT2D eigenvalue weighted by Crippen LogP contribution is 2.36. The van der Waals surface area contributed by atoms with Crippen LogP contribution in [0.3, 0.4) is 0 Å². The highest BCUT2D eigenvalue weighted by Gasteiger charge is 2.27. The fourth-order valence-corrected chi connectivity index (χ4v) is 7.73. The average Bonchev–Trinajstić information content (AvgIpc) is 3.26. The fourth-order valence-electron chi connectivity index (χ4n) is 4.71. The zero-order valence-corrected chi connectivity index (χ0v) is 23.3. The summed E-state index contributed by atoms with van der Waals surface area (Å²) in [5.74, 6) is 0.932. The van der Waals surface area contributed by atoms with E-state index in [1.807, 2.05) is 38.1 Å². The third kappa shape index (κ3) is 6.57. The molecule has 0 bridgehead atoms. The number of thiophene rings is 1. The van der Waals surface area contributed by atoms with Crippen molar-refractivity contribution in [2.45, 2.75) is 63.7 Å². The number of carbonyl (C=O) groups is 2. The summed E-state index contributed by atoms with van der Waals surface area (Å²) in [6.45, 7) is 3.98. The van der Waals surface area contributed by atoms with Gasteiger partial charge in [-0.2, -0.15) is 0 Å². The normalized spacial score (nSPS) is 13.4. The van der Waals surface area contributed by atoms with E-state index in [9.17, 15) is 18.0 Å². The van der Waals surface area contributed by atoms with Gasteiger partial charge in [-0.15, -0.1) is 11.3 Å². The Bertz CT molecular complexity index is 1380. The Balaban J connectivity index is 1.59. The molecule has 0 saturated carbocycles.